The van der Waals surface area contributed by atoms with Crippen LogP contribution in [0.25, 0.3) is 0 Å². The average Bonchev–Trinajstić information content (AvgIpc) is 2.75. The van der Waals surface area contributed by atoms with E-state index < -0.39 is 54.5 Å². The number of amides is 3. The Hall–Kier alpha value is -2.93. The zero-order chi connectivity index (χ0) is 26.4. The van der Waals surface area contributed by atoms with Gasteiger partial charge >= 0.3 is 5.97 Å². The van der Waals surface area contributed by atoms with Gasteiger partial charge in [-0.25, -0.2) is 4.79 Å². The van der Waals surface area contributed by atoms with Crippen LogP contribution in [0, 0.1) is 11.8 Å². The first-order valence-corrected chi connectivity index (χ1v) is 11.4. The molecule has 0 spiro atoms. The molecule has 0 heterocycles. The fourth-order valence-electron chi connectivity index (χ4n) is 3.07. The highest BCUT2D eigenvalue weighted by Crippen LogP contribution is 2.10. The van der Waals surface area contributed by atoms with Crippen molar-refractivity contribution in [2.75, 3.05) is 13.2 Å². The third kappa shape index (κ3) is 11.8. The Bertz CT molecular complexity index is 712. The fourth-order valence-corrected chi connectivity index (χ4v) is 3.07. The second-order valence-corrected chi connectivity index (χ2v) is 8.70. The van der Waals surface area contributed by atoms with E-state index >= 15 is 0 Å². The number of carboxylic acids is 1. The van der Waals surface area contributed by atoms with Crippen molar-refractivity contribution >= 4 is 29.7 Å². The lowest BCUT2D eigenvalue weighted by atomic mass is 9.98. The third-order valence-corrected chi connectivity index (χ3v) is 5.23. The maximum Gasteiger partial charge on any atom is 0.326 e. The fraction of sp³-hybridized carbons (Fsp3) is 0.762. The van der Waals surface area contributed by atoms with Crippen molar-refractivity contribution in [3.05, 3.63) is 0 Å². The lowest BCUT2D eigenvalue weighted by molar-refractivity contribution is -0.144. The standard InChI is InChI=1S/C21H41N7O6/c1-5-12(4)16(20(33)34)28-18(31)14(7-6-8-25-21(23)24)26-19(32)15(10-29)27-17(30)13(22)9-11(2)3/h11-16,29H,5-10,22H2,1-4H3,(H,26,32)(H,27,30)(H,28,31)(H,33,34)(H4,23,24,25). The Morgan fingerprint density at radius 1 is 0.941 bits per heavy atom. The van der Waals surface area contributed by atoms with Crippen molar-refractivity contribution in [3.63, 3.8) is 0 Å². The van der Waals surface area contributed by atoms with E-state index in [4.69, 9.17) is 17.2 Å². The molecular formula is C21H41N7O6. The van der Waals surface area contributed by atoms with Gasteiger partial charge < -0.3 is 43.4 Å². The summed E-state index contributed by atoms with van der Waals surface area (Å²) in [5.74, 6) is -3.68. The third-order valence-electron chi connectivity index (χ3n) is 5.23. The summed E-state index contributed by atoms with van der Waals surface area (Å²) in [7, 11) is 0. The molecule has 0 rings (SSSR count). The van der Waals surface area contributed by atoms with Crippen molar-refractivity contribution in [1.82, 2.24) is 16.0 Å². The number of aliphatic imine (C=N–C) groups is 1. The number of aliphatic carboxylic acids is 1. The van der Waals surface area contributed by atoms with Crippen molar-refractivity contribution in [1.29, 1.82) is 0 Å². The number of carbonyl (C=O) groups excluding carboxylic acids is 3. The van der Waals surface area contributed by atoms with E-state index in [1.807, 2.05) is 13.8 Å². The molecule has 0 aromatic heterocycles. The van der Waals surface area contributed by atoms with Gasteiger partial charge in [0.2, 0.25) is 17.7 Å². The summed E-state index contributed by atoms with van der Waals surface area (Å²) in [6.45, 7) is 6.71. The number of hydrogen-bond acceptors (Lipinski definition) is 7. The van der Waals surface area contributed by atoms with Gasteiger partial charge in [-0.3, -0.25) is 19.4 Å². The van der Waals surface area contributed by atoms with Gasteiger partial charge in [0.15, 0.2) is 5.96 Å². The Morgan fingerprint density at radius 3 is 1.97 bits per heavy atom. The summed E-state index contributed by atoms with van der Waals surface area (Å²) in [4.78, 5) is 53.3. The van der Waals surface area contributed by atoms with Gasteiger partial charge in [-0.05, 0) is 31.1 Å². The maximum absolute atomic E-state index is 12.9. The normalized spacial score (nSPS) is 15.4. The molecule has 0 fully saturated rings. The average molecular weight is 488 g/mol. The first-order valence-electron chi connectivity index (χ1n) is 11.4. The van der Waals surface area contributed by atoms with Crippen LogP contribution >= 0.6 is 0 Å². The van der Waals surface area contributed by atoms with Gasteiger partial charge in [-0.2, -0.15) is 0 Å². The zero-order valence-corrected chi connectivity index (χ0v) is 20.4. The summed E-state index contributed by atoms with van der Waals surface area (Å²) in [5, 5.41) is 26.4. The number of carboxylic acid groups (broad SMARTS) is 1. The van der Waals surface area contributed by atoms with Crippen LogP contribution in [0.15, 0.2) is 4.99 Å². The van der Waals surface area contributed by atoms with Crippen LogP contribution in [0.3, 0.4) is 0 Å². The van der Waals surface area contributed by atoms with E-state index in [0.717, 1.165) is 0 Å². The molecule has 13 nitrogen and oxygen atoms in total. The maximum atomic E-state index is 12.9. The molecule has 0 aliphatic rings. The van der Waals surface area contributed by atoms with Crippen LogP contribution in [0.2, 0.25) is 0 Å². The molecule has 13 heteroatoms. The zero-order valence-electron chi connectivity index (χ0n) is 20.4. The van der Waals surface area contributed by atoms with Crippen molar-refractivity contribution in [2.24, 2.45) is 34.0 Å². The van der Waals surface area contributed by atoms with Crippen LogP contribution in [0.4, 0.5) is 0 Å². The summed E-state index contributed by atoms with van der Waals surface area (Å²) in [6.07, 6.45) is 1.27. The molecule has 34 heavy (non-hydrogen) atoms. The number of nitrogens with one attached hydrogen (secondary N) is 3. The van der Waals surface area contributed by atoms with Crippen LogP contribution in [0.1, 0.15) is 53.4 Å². The molecule has 0 aromatic carbocycles. The van der Waals surface area contributed by atoms with Gasteiger partial charge in [0.05, 0.1) is 12.6 Å². The van der Waals surface area contributed by atoms with Crippen LogP contribution < -0.4 is 33.2 Å². The van der Waals surface area contributed by atoms with Crippen LogP contribution in [-0.4, -0.2) is 77.2 Å². The van der Waals surface area contributed by atoms with Gasteiger partial charge in [-0.15, -0.1) is 0 Å². The Kier molecular flexibility index (Phi) is 14.5. The molecule has 0 aliphatic carbocycles. The molecule has 0 aliphatic heterocycles. The Labute approximate surface area is 200 Å². The van der Waals surface area contributed by atoms with E-state index in [1.165, 1.54) is 0 Å². The van der Waals surface area contributed by atoms with Gasteiger partial charge in [0.1, 0.15) is 18.1 Å². The second-order valence-electron chi connectivity index (χ2n) is 8.70. The Morgan fingerprint density at radius 2 is 1.50 bits per heavy atom. The highest BCUT2D eigenvalue weighted by atomic mass is 16.4. The highest BCUT2D eigenvalue weighted by Gasteiger charge is 2.31. The number of nitrogens with zero attached hydrogens (tertiary/aromatic N) is 1. The minimum absolute atomic E-state index is 0.0835. The predicted octanol–water partition coefficient (Wildman–Crippen LogP) is -2.01. The van der Waals surface area contributed by atoms with E-state index in [-0.39, 0.29) is 30.8 Å². The molecule has 0 bridgehead atoms. The summed E-state index contributed by atoms with van der Waals surface area (Å²) < 4.78 is 0. The molecule has 5 unspecified atom stereocenters. The molecular weight excluding hydrogens is 446 g/mol. The number of hydrogen-bond donors (Lipinski definition) is 8. The molecule has 11 N–H and O–H groups in total. The first-order chi connectivity index (χ1) is 15.8. The van der Waals surface area contributed by atoms with Crippen LogP contribution in [0.5, 0.6) is 0 Å². The number of aliphatic hydroxyl groups excluding tert-OH is 1. The molecule has 0 saturated carbocycles. The molecule has 0 aromatic rings. The highest BCUT2D eigenvalue weighted by molar-refractivity contribution is 5.94. The quantitative estimate of drug-likeness (QED) is 0.0681. The molecule has 5 atom stereocenters. The summed E-state index contributed by atoms with van der Waals surface area (Å²) >= 11 is 0. The SMILES string of the molecule is CCC(C)C(NC(=O)C(CCCN=C(N)N)NC(=O)C(CO)NC(=O)C(N)CC(C)C)C(=O)O. The molecule has 0 radical (unpaired) electrons. The summed E-state index contributed by atoms with van der Waals surface area (Å²) in [6, 6.07) is -4.52. The van der Waals surface area contributed by atoms with Crippen molar-refractivity contribution < 1.29 is 29.4 Å². The monoisotopic (exact) mass is 487 g/mol. The number of guanidine groups is 1. The van der Waals surface area contributed by atoms with E-state index in [1.54, 1.807) is 13.8 Å². The number of carbonyl (C=O) groups is 4. The minimum Gasteiger partial charge on any atom is -0.480 e. The van der Waals surface area contributed by atoms with Gasteiger partial charge in [0, 0.05) is 6.54 Å². The topological polar surface area (TPSA) is 235 Å². The van der Waals surface area contributed by atoms with E-state index in [2.05, 4.69) is 20.9 Å². The van der Waals surface area contributed by atoms with E-state index in [0.29, 0.717) is 19.3 Å². The Balaban J connectivity index is 5.44. The number of nitrogens with two attached hydrogens (primary N) is 3. The van der Waals surface area contributed by atoms with Crippen LogP contribution in [-0.2, 0) is 19.2 Å². The van der Waals surface area contributed by atoms with Crippen molar-refractivity contribution in [2.45, 2.75) is 77.5 Å². The number of rotatable bonds is 16. The predicted molar refractivity (Wildman–Crippen MR) is 127 cm³/mol. The summed E-state index contributed by atoms with van der Waals surface area (Å²) in [5.41, 5.74) is 16.4. The van der Waals surface area contributed by atoms with Gasteiger partial charge in [0.25, 0.3) is 0 Å². The first kappa shape index (κ1) is 31.1. The van der Waals surface area contributed by atoms with E-state index in [9.17, 15) is 29.4 Å². The largest absolute Gasteiger partial charge is 0.480 e. The molecule has 196 valence electrons. The lowest BCUT2D eigenvalue weighted by Gasteiger charge is -2.26. The number of aliphatic hydroxyl groups is 1. The smallest absolute Gasteiger partial charge is 0.326 e. The molecule has 3 amide bonds. The van der Waals surface area contributed by atoms with Crippen molar-refractivity contribution in [3.8, 4) is 0 Å². The second kappa shape index (κ2) is 15.8. The molecule has 0 saturated heterocycles. The lowest BCUT2D eigenvalue weighted by Crippen LogP contribution is -2.58. The van der Waals surface area contributed by atoms with Gasteiger partial charge in [-0.1, -0.05) is 34.1 Å². The minimum atomic E-state index is -1.34.